The summed E-state index contributed by atoms with van der Waals surface area (Å²) in [6, 6.07) is 6.95. The molecular weight excluding hydrogens is 365 g/mol. The first kappa shape index (κ1) is 23.8. The van der Waals surface area contributed by atoms with E-state index < -0.39 is 0 Å². The van der Waals surface area contributed by atoms with Crippen molar-refractivity contribution in [1.82, 2.24) is 10.2 Å². The lowest BCUT2D eigenvalue weighted by Crippen LogP contribution is -2.45. The second-order valence-corrected chi connectivity index (χ2v) is 7.28. The zero-order valence-corrected chi connectivity index (χ0v) is 17.6. The first-order valence-electron chi connectivity index (χ1n) is 8.40. The molecule has 0 aliphatic carbocycles. The van der Waals surface area contributed by atoms with Crippen molar-refractivity contribution in [1.29, 1.82) is 0 Å². The van der Waals surface area contributed by atoms with Crippen LogP contribution in [0.25, 0.3) is 0 Å². The fraction of sp³-hybridized carbons (Fsp3) is 0.667. The van der Waals surface area contributed by atoms with Crippen LogP contribution in [0, 0.1) is 5.92 Å². The van der Waals surface area contributed by atoms with Crippen molar-refractivity contribution >= 4 is 42.1 Å². The lowest BCUT2D eigenvalue weighted by molar-refractivity contribution is 0.160. The van der Waals surface area contributed by atoms with Crippen molar-refractivity contribution in [2.75, 3.05) is 45.2 Å². The molecule has 0 aromatic heterocycles. The Morgan fingerprint density at radius 1 is 1.12 bits per heavy atom. The van der Waals surface area contributed by atoms with Crippen LogP contribution in [0.5, 0.6) is 0 Å². The maximum atomic E-state index is 6.63. The van der Waals surface area contributed by atoms with Crippen molar-refractivity contribution in [3.05, 3.63) is 28.8 Å². The monoisotopic (exact) mass is 395 g/mol. The summed E-state index contributed by atoms with van der Waals surface area (Å²) in [5, 5.41) is 4.34. The van der Waals surface area contributed by atoms with Crippen molar-refractivity contribution < 1.29 is 0 Å². The third kappa shape index (κ3) is 6.61. The molecule has 0 amide bonds. The number of hydrogen-bond donors (Lipinski definition) is 1. The Hall–Kier alpha value is -0.190. The maximum Gasteiger partial charge on any atom is 0.0474 e. The minimum Gasteiger partial charge on any atom is -0.378 e. The van der Waals surface area contributed by atoms with Gasteiger partial charge in [0.15, 0.2) is 0 Å². The molecule has 0 radical (unpaired) electrons. The van der Waals surface area contributed by atoms with Gasteiger partial charge in [-0.3, -0.25) is 4.90 Å². The lowest BCUT2D eigenvalue weighted by atomic mass is 9.95. The second-order valence-electron chi connectivity index (χ2n) is 6.87. The highest BCUT2D eigenvalue weighted by atomic mass is 35.5. The first-order chi connectivity index (χ1) is 10.5. The summed E-state index contributed by atoms with van der Waals surface area (Å²) >= 11 is 6.63. The molecule has 1 aromatic carbocycles. The van der Waals surface area contributed by atoms with Gasteiger partial charge in [-0.05, 0) is 36.5 Å². The van der Waals surface area contributed by atoms with E-state index in [0.717, 1.165) is 42.8 Å². The quantitative estimate of drug-likeness (QED) is 0.756. The molecule has 1 N–H and O–H groups in total. The highest BCUT2D eigenvalue weighted by Crippen LogP contribution is 2.34. The topological polar surface area (TPSA) is 18.5 Å². The van der Waals surface area contributed by atoms with E-state index in [4.69, 9.17) is 11.6 Å². The van der Waals surface area contributed by atoms with E-state index in [9.17, 15) is 0 Å². The van der Waals surface area contributed by atoms with E-state index in [1.165, 1.54) is 18.4 Å². The highest BCUT2D eigenvalue weighted by Gasteiger charge is 2.24. The van der Waals surface area contributed by atoms with Crippen molar-refractivity contribution in [3.63, 3.8) is 0 Å². The number of piperazine rings is 1. The molecule has 0 unspecified atom stereocenters. The molecule has 1 aromatic rings. The van der Waals surface area contributed by atoms with Gasteiger partial charge in [-0.1, -0.05) is 31.5 Å². The Kier molecular flexibility index (Phi) is 11.3. The number of anilines is 1. The SMILES string of the molecule is CC(C)CC[C@@H](c1ccc(N(C)C)cc1Cl)N1CCNCC1.Cl.Cl. The summed E-state index contributed by atoms with van der Waals surface area (Å²) in [5.41, 5.74) is 2.45. The highest BCUT2D eigenvalue weighted by molar-refractivity contribution is 6.31. The smallest absolute Gasteiger partial charge is 0.0474 e. The Balaban J connectivity index is 0.00000264. The van der Waals surface area contributed by atoms with Crippen LogP contribution in [0.3, 0.4) is 0 Å². The molecule has 1 saturated heterocycles. The van der Waals surface area contributed by atoms with E-state index in [1.54, 1.807) is 0 Å². The summed E-state index contributed by atoms with van der Waals surface area (Å²) in [6.07, 6.45) is 2.42. The lowest BCUT2D eigenvalue weighted by Gasteiger charge is -2.36. The largest absolute Gasteiger partial charge is 0.378 e. The summed E-state index contributed by atoms with van der Waals surface area (Å²) in [4.78, 5) is 4.69. The minimum atomic E-state index is 0. The fourth-order valence-electron chi connectivity index (χ4n) is 3.08. The summed E-state index contributed by atoms with van der Waals surface area (Å²) in [7, 11) is 4.11. The fourth-order valence-corrected chi connectivity index (χ4v) is 3.38. The molecule has 1 atom stereocenters. The number of rotatable bonds is 6. The summed E-state index contributed by atoms with van der Waals surface area (Å²) < 4.78 is 0. The summed E-state index contributed by atoms with van der Waals surface area (Å²) in [5.74, 6) is 0.727. The van der Waals surface area contributed by atoms with E-state index in [-0.39, 0.29) is 24.8 Å². The van der Waals surface area contributed by atoms with Gasteiger partial charge in [-0.2, -0.15) is 0 Å². The first-order valence-corrected chi connectivity index (χ1v) is 8.78. The Morgan fingerprint density at radius 2 is 1.75 bits per heavy atom. The average Bonchev–Trinajstić information content (AvgIpc) is 2.49. The summed E-state index contributed by atoms with van der Waals surface area (Å²) in [6.45, 7) is 8.96. The van der Waals surface area contributed by atoms with Crippen LogP contribution in [0.1, 0.15) is 38.3 Å². The molecule has 140 valence electrons. The van der Waals surface area contributed by atoms with Gasteiger partial charge in [0.1, 0.15) is 0 Å². The van der Waals surface area contributed by atoms with Crippen LogP contribution in [0.15, 0.2) is 18.2 Å². The van der Waals surface area contributed by atoms with Gasteiger partial charge in [0.25, 0.3) is 0 Å². The van der Waals surface area contributed by atoms with Crippen molar-refractivity contribution in [2.45, 2.75) is 32.7 Å². The van der Waals surface area contributed by atoms with Crippen LogP contribution < -0.4 is 10.2 Å². The van der Waals surface area contributed by atoms with E-state index in [2.05, 4.69) is 61.3 Å². The average molecular weight is 397 g/mol. The minimum absolute atomic E-state index is 0. The van der Waals surface area contributed by atoms with Gasteiger partial charge < -0.3 is 10.2 Å². The third-order valence-electron chi connectivity index (χ3n) is 4.47. The normalized spacial score (nSPS) is 16.2. The molecule has 1 fully saturated rings. The number of benzene rings is 1. The van der Waals surface area contributed by atoms with Crippen LogP contribution in [-0.2, 0) is 0 Å². The molecule has 6 heteroatoms. The second kappa shape index (κ2) is 11.4. The Morgan fingerprint density at radius 3 is 2.25 bits per heavy atom. The predicted octanol–water partition coefficient (Wildman–Crippen LogP) is 4.63. The number of nitrogens with one attached hydrogen (secondary N) is 1. The zero-order chi connectivity index (χ0) is 16.1. The molecule has 2 rings (SSSR count). The van der Waals surface area contributed by atoms with E-state index >= 15 is 0 Å². The number of hydrogen-bond acceptors (Lipinski definition) is 3. The zero-order valence-electron chi connectivity index (χ0n) is 15.2. The van der Waals surface area contributed by atoms with E-state index in [0.29, 0.717) is 6.04 Å². The van der Waals surface area contributed by atoms with Crippen molar-refractivity contribution in [3.8, 4) is 0 Å². The van der Waals surface area contributed by atoms with Gasteiger partial charge in [-0.25, -0.2) is 0 Å². The Bertz CT molecular complexity index is 475. The van der Waals surface area contributed by atoms with Gasteiger partial charge in [0, 0.05) is 57.0 Å². The number of nitrogens with zero attached hydrogens (tertiary/aromatic N) is 2. The molecule has 3 nitrogen and oxygen atoms in total. The van der Waals surface area contributed by atoms with Crippen LogP contribution >= 0.6 is 36.4 Å². The molecular formula is C18H32Cl3N3. The molecule has 24 heavy (non-hydrogen) atoms. The van der Waals surface area contributed by atoms with E-state index in [1.807, 2.05) is 0 Å². The van der Waals surface area contributed by atoms with Crippen LogP contribution in [0.4, 0.5) is 5.69 Å². The molecule has 1 aliphatic heterocycles. The molecule has 1 heterocycles. The van der Waals surface area contributed by atoms with Crippen molar-refractivity contribution in [2.24, 2.45) is 5.92 Å². The van der Waals surface area contributed by atoms with Crippen LogP contribution in [-0.4, -0.2) is 45.2 Å². The van der Waals surface area contributed by atoms with Gasteiger partial charge >= 0.3 is 0 Å². The molecule has 0 saturated carbocycles. The van der Waals surface area contributed by atoms with Gasteiger partial charge in [-0.15, -0.1) is 24.8 Å². The van der Waals surface area contributed by atoms with Crippen LogP contribution in [0.2, 0.25) is 5.02 Å². The van der Waals surface area contributed by atoms with Gasteiger partial charge in [0.2, 0.25) is 0 Å². The molecule has 0 spiro atoms. The third-order valence-corrected chi connectivity index (χ3v) is 4.80. The molecule has 1 aliphatic rings. The number of halogens is 3. The molecule has 0 bridgehead atoms. The predicted molar refractivity (Wildman–Crippen MR) is 112 cm³/mol. The maximum absolute atomic E-state index is 6.63. The standard InChI is InChI=1S/C18H30ClN3.2ClH/c1-14(2)5-8-18(22-11-9-20-10-12-22)16-7-6-15(21(3)4)13-17(16)19;;/h6-7,13-14,18,20H,5,8-12H2,1-4H3;2*1H/t18-;;/m0../s1. The van der Waals surface area contributed by atoms with Gasteiger partial charge in [0.05, 0.1) is 0 Å². The Labute approximate surface area is 164 Å².